The summed E-state index contributed by atoms with van der Waals surface area (Å²) >= 11 is 0. The molecule has 1 amide bonds. The van der Waals surface area contributed by atoms with Crippen LogP contribution < -0.4 is 16.4 Å². The number of carbonyl (C=O) groups is 1. The lowest BCUT2D eigenvalue weighted by atomic mass is 9.93. The quantitative estimate of drug-likeness (QED) is 0.502. The summed E-state index contributed by atoms with van der Waals surface area (Å²) < 4.78 is 0. The second-order valence-corrected chi connectivity index (χ2v) is 7.79. The molecule has 1 atom stereocenters. The third-order valence-corrected chi connectivity index (χ3v) is 5.62. The SMILES string of the molecule is NC[C@@H](NC(=O)c1ccc2cnc(NC3CCC(O)CC3)nc2c1)c1ccccc1. The van der Waals surface area contributed by atoms with Gasteiger partial charge < -0.3 is 21.5 Å². The summed E-state index contributed by atoms with van der Waals surface area (Å²) in [5.74, 6) is 0.358. The Balaban J connectivity index is 1.49. The molecule has 0 saturated heterocycles. The number of amides is 1. The highest BCUT2D eigenvalue weighted by Gasteiger charge is 2.20. The van der Waals surface area contributed by atoms with Crippen LogP contribution in [0.2, 0.25) is 0 Å². The summed E-state index contributed by atoms with van der Waals surface area (Å²) in [7, 11) is 0. The molecule has 0 spiro atoms. The number of benzene rings is 2. The van der Waals surface area contributed by atoms with Gasteiger partial charge in [-0.15, -0.1) is 0 Å². The van der Waals surface area contributed by atoms with Crippen molar-refractivity contribution < 1.29 is 9.90 Å². The summed E-state index contributed by atoms with van der Waals surface area (Å²) in [5, 5.41) is 16.9. The van der Waals surface area contributed by atoms with E-state index in [1.807, 2.05) is 36.4 Å². The minimum Gasteiger partial charge on any atom is -0.393 e. The lowest BCUT2D eigenvalue weighted by Gasteiger charge is -2.26. The first-order chi connectivity index (χ1) is 14.6. The van der Waals surface area contributed by atoms with Crippen LogP contribution in [0.15, 0.2) is 54.7 Å². The lowest BCUT2D eigenvalue weighted by molar-refractivity contribution is 0.0938. The fourth-order valence-corrected chi connectivity index (χ4v) is 3.84. The van der Waals surface area contributed by atoms with Crippen molar-refractivity contribution in [2.24, 2.45) is 5.73 Å². The van der Waals surface area contributed by atoms with E-state index in [4.69, 9.17) is 5.73 Å². The molecular weight excluding hydrogens is 378 g/mol. The molecule has 1 aromatic heterocycles. The fourth-order valence-electron chi connectivity index (χ4n) is 3.84. The zero-order chi connectivity index (χ0) is 20.9. The molecule has 7 nitrogen and oxygen atoms in total. The topological polar surface area (TPSA) is 113 Å². The Hall–Kier alpha value is -3.03. The molecule has 1 fully saturated rings. The van der Waals surface area contributed by atoms with E-state index in [1.54, 1.807) is 18.3 Å². The van der Waals surface area contributed by atoms with Crippen LogP contribution in [0.25, 0.3) is 10.9 Å². The maximum Gasteiger partial charge on any atom is 0.251 e. The number of nitrogens with two attached hydrogens (primary N) is 1. The molecule has 3 aromatic rings. The number of hydrogen-bond acceptors (Lipinski definition) is 6. The third kappa shape index (κ3) is 4.75. The van der Waals surface area contributed by atoms with E-state index < -0.39 is 0 Å². The van der Waals surface area contributed by atoms with E-state index in [9.17, 15) is 9.90 Å². The average Bonchev–Trinajstić information content (AvgIpc) is 2.79. The number of aliphatic hydroxyl groups excluding tert-OH is 1. The predicted octanol–water partition coefficient (Wildman–Crippen LogP) is 2.78. The summed E-state index contributed by atoms with van der Waals surface area (Å²) in [6.45, 7) is 0.315. The second-order valence-electron chi connectivity index (χ2n) is 7.79. The lowest BCUT2D eigenvalue weighted by Crippen LogP contribution is -2.33. The Labute approximate surface area is 175 Å². The average molecular weight is 406 g/mol. The van der Waals surface area contributed by atoms with Crippen LogP contribution in [0.4, 0.5) is 5.95 Å². The van der Waals surface area contributed by atoms with Crippen molar-refractivity contribution in [1.82, 2.24) is 15.3 Å². The van der Waals surface area contributed by atoms with Crippen molar-refractivity contribution >= 4 is 22.8 Å². The Bertz CT molecular complexity index is 1000. The molecule has 7 heteroatoms. The zero-order valence-electron chi connectivity index (χ0n) is 16.8. The molecule has 0 bridgehead atoms. The van der Waals surface area contributed by atoms with Gasteiger partial charge in [-0.3, -0.25) is 4.79 Å². The molecule has 5 N–H and O–H groups in total. The highest BCUT2D eigenvalue weighted by Crippen LogP contribution is 2.22. The van der Waals surface area contributed by atoms with E-state index in [0.29, 0.717) is 23.6 Å². The molecule has 0 aliphatic heterocycles. The number of rotatable bonds is 6. The van der Waals surface area contributed by atoms with Gasteiger partial charge in [-0.2, -0.15) is 0 Å². The van der Waals surface area contributed by atoms with Gasteiger partial charge in [0.1, 0.15) is 0 Å². The Morgan fingerprint density at radius 1 is 1.13 bits per heavy atom. The Kier molecular flexibility index (Phi) is 6.21. The second kappa shape index (κ2) is 9.19. The third-order valence-electron chi connectivity index (χ3n) is 5.62. The number of fused-ring (bicyclic) bond motifs is 1. The highest BCUT2D eigenvalue weighted by molar-refractivity contribution is 5.98. The zero-order valence-corrected chi connectivity index (χ0v) is 16.8. The monoisotopic (exact) mass is 405 g/mol. The van der Waals surface area contributed by atoms with E-state index in [1.165, 1.54) is 0 Å². The number of anilines is 1. The van der Waals surface area contributed by atoms with Crippen LogP contribution in [0.3, 0.4) is 0 Å². The van der Waals surface area contributed by atoms with Crippen molar-refractivity contribution in [3.05, 3.63) is 65.9 Å². The first-order valence-corrected chi connectivity index (χ1v) is 10.4. The largest absolute Gasteiger partial charge is 0.393 e. The standard InChI is InChI=1S/C23H27N5O2/c24-13-21(15-4-2-1-3-5-15)27-22(30)16-6-7-17-14-25-23(28-20(17)12-16)26-18-8-10-19(29)11-9-18/h1-7,12,14,18-19,21,29H,8-11,13,24H2,(H,27,30)(H,25,26,28)/t18?,19?,21-/m1/s1. The smallest absolute Gasteiger partial charge is 0.251 e. The molecule has 4 rings (SSSR count). The number of aromatic nitrogens is 2. The van der Waals surface area contributed by atoms with Gasteiger partial charge >= 0.3 is 0 Å². The van der Waals surface area contributed by atoms with Crippen molar-refractivity contribution in [3.8, 4) is 0 Å². The molecule has 156 valence electrons. The Morgan fingerprint density at radius 2 is 1.90 bits per heavy atom. The van der Waals surface area contributed by atoms with Crippen molar-refractivity contribution in [2.45, 2.75) is 43.9 Å². The van der Waals surface area contributed by atoms with Gasteiger partial charge in [0.15, 0.2) is 0 Å². The van der Waals surface area contributed by atoms with Crippen LogP contribution >= 0.6 is 0 Å². The van der Waals surface area contributed by atoms with Gasteiger partial charge in [0, 0.05) is 29.7 Å². The van der Waals surface area contributed by atoms with E-state index >= 15 is 0 Å². The normalized spacial score (nSPS) is 19.9. The molecule has 0 unspecified atom stereocenters. The van der Waals surface area contributed by atoms with Gasteiger partial charge in [-0.1, -0.05) is 36.4 Å². The molecular formula is C23H27N5O2. The van der Waals surface area contributed by atoms with Crippen LogP contribution in [0.5, 0.6) is 0 Å². The van der Waals surface area contributed by atoms with Gasteiger partial charge in [0.25, 0.3) is 5.91 Å². The number of carbonyl (C=O) groups excluding carboxylic acids is 1. The summed E-state index contributed by atoms with van der Waals surface area (Å²) in [5.41, 5.74) is 8.09. The molecule has 0 radical (unpaired) electrons. The maximum absolute atomic E-state index is 12.8. The van der Waals surface area contributed by atoms with Crippen LogP contribution in [-0.4, -0.2) is 39.7 Å². The van der Waals surface area contributed by atoms with E-state index in [2.05, 4.69) is 20.6 Å². The number of hydrogen-bond donors (Lipinski definition) is 4. The van der Waals surface area contributed by atoms with E-state index in [-0.39, 0.29) is 24.1 Å². The fraction of sp³-hybridized carbons (Fsp3) is 0.348. The highest BCUT2D eigenvalue weighted by atomic mass is 16.3. The minimum absolute atomic E-state index is 0.189. The van der Waals surface area contributed by atoms with Crippen molar-refractivity contribution in [3.63, 3.8) is 0 Å². The van der Waals surface area contributed by atoms with Crippen LogP contribution in [-0.2, 0) is 0 Å². The van der Waals surface area contributed by atoms with Crippen LogP contribution in [0, 0.1) is 0 Å². The van der Waals surface area contributed by atoms with Gasteiger partial charge in [0.05, 0.1) is 17.7 Å². The van der Waals surface area contributed by atoms with E-state index in [0.717, 1.165) is 36.6 Å². The van der Waals surface area contributed by atoms with Gasteiger partial charge in [0.2, 0.25) is 5.95 Å². The van der Waals surface area contributed by atoms with Crippen LogP contribution in [0.1, 0.15) is 47.6 Å². The first kappa shape index (κ1) is 20.3. The Morgan fingerprint density at radius 3 is 2.63 bits per heavy atom. The number of nitrogens with one attached hydrogen (secondary N) is 2. The molecule has 2 aromatic carbocycles. The van der Waals surface area contributed by atoms with Gasteiger partial charge in [-0.25, -0.2) is 9.97 Å². The number of nitrogens with zero attached hydrogens (tertiary/aromatic N) is 2. The molecule has 1 aliphatic carbocycles. The van der Waals surface area contributed by atoms with Crippen molar-refractivity contribution in [1.29, 1.82) is 0 Å². The first-order valence-electron chi connectivity index (χ1n) is 10.4. The predicted molar refractivity (Wildman–Crippen MR) is 117 cm³/mol. The maximum atomic E-state index is 12.8. The number of aliphatic hydroxyl groups is 1. The molecule has 30 heavy (non-hydrogen) atoms. The van der Waals surface area contributed by atoms with Gasteiger partial charge in [-0.05, 0) is 43.4 Å². The molecule has 1 heterocycles. The summed E-state index contributed by atoms with van der Waals surface area (Å²) in [6.07, 6.45) is 4.93. The summed E-state index contributed by atoms with van der Waals surface area (Å²) in [6, 6.07) is 15.1. The summed E-state index contributed by atoms with van der Waals surface area (Å²) in [4.78, 5) is 21.8. The minimum atomic E-state index is -0.251. The molecule has 1 saturated carbocycles. The van der Waals surface area contributed by atoms with Crippen molar-refractivity contribution in [2.75, 3.05) is 11.9 Å². The molecule has 1 aliphatic rings.